The number of rotatable bonds is 3. The van der Waals surface area contributed by atoms with E-state index in [2.05, 4.69) is 6.07 Å². The van der Waals surface area contributed by atoms with Crippen molar-refractivity contribution in [3.8, 4) is 6.07 Å². The number of benzene rings is 1. The number of hydrogen-bond donors (Lipinski definition) is 0. The summed E-state index contributed by atoms with van der Waals surface area (Å²) in [5.74, 6) is -0.105. The molecule has 0 saturated carbocycles. The van der Waals surface area contributed by atoms with E-state index in [1.54, 1.807) is 17.0 Å². The van der Waals surface area contributed by atoms with Gasteiger partial charge in [-0.25, -0.2) is 8.42 Å². The van der Waals surface area contributed by atoms with Crippen molar-refractivity contribution in [2.75, 3.05) is 39.0 Å². The van der Waals surface area contributed by atoms with Gasteiger partial charge in [0.2, 0.25) is 0 Å². The van der Waals surface area contributed by atoms with E-state index in [1.807, 2.05) is 4.90 Å². The molecular weight excluding hydrogens is 290 g/mol. The zero-order valence-electron chi connectivity index (χ0n) is 11.8. The van der Waals surface area contributed by atoms with Crippen LogP contribution in [-0.4, -0.2) is 63.1 Å². The van der Waals surface area contributed by atoms with Crippen molar-refractivity contribution in [3.63, 3.8) is 0 Å². The first-order chi connectivity index (χ1) is 9.91. The van der Waals surface area contributed by atoms with E-state index in [0.29, 0.717) is 38.3 Å². The second-order valence-electron chi connectivity index (χ2n) is 5.02. The molecule has 0 spiro atoms. The van der Waals surface area contributed by atoms with Gasteiger partial charge in [0, 0.05) is 38.0 Å². The fourth-order valence-corrected chi connectivity index (χ4v) is 2.87. The molecular formula is C14H17N3O3S. The summed E-state index contributed by atoms with van der Waals surface area (Å²) in [6.07, 6.45) is 1.14. The van der Waals surface area contributed by atoms with Crippen LogP contribution in [0, 0.1) is 11.3 Å². The average Bonchev–Trinajstić information content (AvgIpc) is 2.47. The van der Waals surface area contributed by atoms with Crippen LogP contribution in [-0.2, 0) is 9.84 Å². The van der Waals surface area contributed by atoms with Crippen molar-refractivity contribution in [3.05, 3.63) is 29.8 Å². The van der Waals surface area contributed by atoms with E-state index in [-0.39, 0.29) is 10.8 Å². The van der Waals surface area contributed by atoms with Gasteiger partial charge in [-0.3, -0.25) is 9.69 Å². The first-order valence-corrected chi connectivity index (χ1v) is 8.49. The van der Waals surface area contributed by atoms with E-state index in [0.717, 1.165) is 6.26 Å². The molecule has 1 aromatic carbocycles. The van der Waals surface area contributed by atoms with Gasteiger partial charge in [0.25, 0.3) is 5.91 Å². The number of nitriles is 1. The lowest BCUT2D eigenvalue weighted by Crippen LogP contribution is -2.48. The van der Waals surface area contributed by atoms with Gasteiger partial charge in [0.1, 0.15) is 0 Å². The van der Waals surface area contributed by atoms with Crippen molar-refractivity contribution in [1.29, 1.82) is 5.26 Å². The minimum Gasteiger partial charge on any atom is -0.336 e. The number of carbonyl (C=O) groups excluding carboxylic acids is 1. The quantitative estimate of drug-likeness (QED) is 0.754. The highest BCUT2D eigenvalue weighted by atomic mass is 32.2. The summed E-state index contributed by atoms with van der Waals surface area (Å²) in [5.41, 5.74) is 0.483. The lowest BCUT2D eigenvalue weighted by molar-refractivity contribution is 0.0651. The predicted molar refractivity (Wildman–Crippen MR) is 77.5 cm³/mol. The van der Waals surface area contributed by atoms with Gasteiger partial charge in [-0.2, -0.15) is 5.26 Å². The van der Waals surface area contributed by atoms with Crippen molar-refractivity contribution in [2.45, 2.75) is 4.90 Å². The molecule has 1 aliphatic rings. The summed E-state index contributed by atoms with van der Waals surface area (Å²) in [7, 11) is -3.25. The SMILES string of the molecule is CS(=O)(=O)c1ccc(C(=O)N2CCN(CC#N)CC2)cc1. The summed E-state index contributed by atoms with van der Waals surface area (Å²) in [6, 6.07) is 8.09. The predicted octanol–water partition coefficient (Wildman–Crippen LogP) is 0.371. The Morgan fingerprint density at radius 2 is 1.76 bits per heavy atom. The zero-order valence-corrected chi connectivity index (χ0v) is 12.6. The average molecular weight is 307 g/mol. The van der Waals surface area contributed by atoms with E-state index in [9.17, 15) is 13.2 Å². The molecule has 1 aromatic rings. The molecule has 21 heavy (non-hydrogen) atoms. The molecule has 7 heteroatoms. The topological polar surface area (TPSA) is 81.5 Å². The van der Waals surface area contributed by atoms with Crippen LogP contribution in [0.5, 0.6) is 0 Å². The van der Waals surface area contributed by atoms with Crippen LogP contribution in [0.2, 0.25) is 0 Å². The van der Waals surface area contributed by atoms with Gasteiger partial charge >= 0.3 is 0 Å². The molecule has 0 N–H and O–H groups in total. The third kappa shape index (κ3) is 3.80. The lowest BCUT2D eigenvalue weighted by Gasteiger charge is -2.33. The standard InChI is InChI=1S/C14H17N3O3S/c1-21(19,20)13-4-2-12(3-5-13)14(18)17-10-8-16(7-6-15)9-11-17/h2-5H,7-11H2,1H3. The maximum absolute atomic E-state index is 12.3. The van der Waals surface area contributed by atoms with Crippen LogP contribution in [0.4, 0.5) is 0 Å². The number of piperazine rings is 1. The van der Waals surface area contributed by atoms with E-state index >= 15 is 0 Å². The molecule has 0 aromatic heterocycles. The minimum absolute atomic E-state index is 0.105. The number of hydrogen-bond acceptors (Lipinski definition) is 5. The molecule has 1 heterocycles. The molecule has 0 bridgehead atoms. The molecule has 0 radical (unpaired) electrons. The summed E-state index contributed by atoms with van der Waals surface area (Å²) in [6.45, 7) is 2.90. The normalized spacial score (nSPS) is 16.5. The first kappa shape index (κ1) is 15.5. The molecule has 1 saturated heterocycles. The molecule has 1 aliphatic heterocycles. The van der Waals surface area contributed by atoms with Crippen molar-refractivity contribution in [1.82, 2.24) is 9.80 Å². The van der Waals surface area contributed by atoms with Crippen molar-refractivity contribution >= 4 is 15.7 Å². The Kier molecular flexibility index (Phi) is 4.60. The second-order valence-corrected chi connectivity index (χ2v) is 7.04. The Balaban J connectivity index is 2.03. The van der Waals surface area contributed by atoms with Gasteiger partial charge in [-0.15, -0.1) is 0 Å². The maximum atomic E-state index is 12.3. The molecule has 112 valence electrons. The van der Waals surface area contributed by atoms with Gasteiger partial charge in [-0.05, 0) is 24.3 Å². The monoisotopic (exact) mass is 307 g/mol. The largest absolute Gasteiger partial charge is 0.336 e. The highest BCUT2D eigenvalue weighted by Crippen LogP contribution is 2.13. The summed E-state index contributed by atoms with van der Waals surface area (Å²) < 4.78 is 22.8. The van der Waals surface area contributed by atoms with Crippen LogP contribution in [0.3, 0.4) is 0 Å². The Bertz CT molecular complexity index is 654. The smallest absolute Gasteiger partial charge is 0.253 e. The van der Waals surface area contributed by atoms with E-state index in [1.165, 1.54) is 12.1 Å². The Labute approximate surface area is 124 Å². The van der Waals surface area contributed by atoms with Gasteiger partial charge in [-0.1, -0.05) is 0 Å². The van der Waals surface area contributed by atoms with Crippen LogP contribution < -0.4 is 0 Å². The molecule has 1 amide bonds. The zero-order chi connectivity index (χ0) is 15.5. The van der Waals surface area contributed by atoms with Crippen LogP contribution in [0.25, 0.3) is 0 Å². The van der Waals surface area contributed by atoms with Gasteiger partial charge in [0.15, 0.2) is 9.84 Å². The van der Waals surface area contributed by atoms with E-state index in [4.69, 9.17) is 5.26 Å². The van der Waals surface area contributed by atoms with Crippen molar-refractivity contribution in [2.24, 2.45) is 0 Å². The van der Waals surface area contributed by atoms with Crippen molar-refractivity contribution < 1.29 is 13.2 Å². The highest BCUT2D eigenvalue weighted by molar-refractivity contribution is 7.90. The van der Waals surface area contributed by atoms with E-state index < -0.39 is 9.84 Å². The van der Waals surface area contributed by atoms with Crippen LogP contribution in [0.1, 0.15) is 10.4 Å². The first-order valence-electron chi connectivity index (χ1n) is 6.60. The molecule has 2 rings (SSSR count). The third-order valence-corrected chi connectivity index (χ3v) is 4.61. The summed E-state index contributed by atoms with van der Waals surface area (Å²) >= 11 is 0. The fraction of sp³-hybridized carbons (Fsp3) is 0.429. The number of sulfone groups is 1. The molecule has 0 unspecified atom stereocenters. The maximum Gasteiger partial charge on any atom is 0.253 e. The van der Waals surface area contributed by atoms with Gasteiger partial charge in [0.05, 0.1) is 17.5 Å². The molecule has 1 fully saturated rings. The number of amides is 1. The molecule has 0 aliphatic carbocycles. The Morgan fingerprint density at radius 1 is 1.19 bits per heavy atom. The molecule has 0 atom stereocenters. The van der Waals surface area contributed by atoms with Crippen LogP contribution in [0.15, 0.2) is 29.2 Å². The Morgan fingerprint density at radius 3 is 2.24 bits per heavy atom. The van der Waals surface area contributed by atoms with Gasteiger partial charge < -0.3 is 4.90 Å². The number of nitrogens with zero attached hydrogens (tertiary/aromatic N) is 3. The number of carbonyl (C=O) groups is 1. The van der Waals surface area contributed by atoms with Crippen LogP contribution >= 0.6 is 0 Å². The molecule has 6 nitrogen and oxygen atoms in total. The summed E-state index contributed by atoms with van der Waals surface area (Å²) in [5, 5.41) is 8.64. The summed E-state index contributed by atoms with van der Waals surface area (Å²) in [4.78, 5) is 16.2. The highest BCUT2D eigenvalue weighted by Gasteiger charge is 2.22. The third-order valence-electron chi connectivity index (χ3n) is 3.48. The fourth-order valence-electron chi connectivity index (χ4n) is 2.24. The minimum atomic E-state index is -3.25. The lowest BCUT2D eigenvalue weighted by atomic mass is 10.2. The Hall–Kier alpha value is -1.91. The second kappa shape index (κ2) is 6.24.